The first-order chi connectivity index (χ1) is 14.0. The van der Waals surface area contributed by atoms with Crippen molar-refractivity contribution in [3.05, 3.63) is 29.7 Å². The van der Waals surface area contributed by atoms with Gasteiger partial charge in [0.2, 0.25) is 5.91 Å². The molecule has 2 aromatic rings. The Morgan fingerprint density at radius 2 is 1.97 bits per heavy atom. The van der Waals surface area contributed by atoms with Crippen molar-refractivity contribution in [3.8, 4) is 11.3 Å². The predicted molar refractivity (Wildman–Crippen MR) is 112 cm³/mol. The predicted octanol–water partition coefficient (Wildman–Crippen LogP) is 2.52. The average Bonchev–Trinajstić information content (AvgIpc) is 2.74. The van der Waals surface area contributed by atoms with E-state index in [-0.39, 0.29) is 19.6 Å². The number of carbonyl (C=O) groups excluding carboxylic acids is 2. The minimum Gasteiger partial charge on any atom is -0.381 e. The van der Waals surface area contributed by atoms with Gasteiger partial charge >= 0.3 is 0 Å². The molecule has 4 N–H and O–H groups in total. The van der Waals surface area contributed by atoms with Crippen LogP contribution in [0.4, 0.5) is 11.6 Å². The average molecular weight is 400 g/mol. The van der Waals surface area contributed by atoms with Gasteiger partial charge < -0.3 is 21.1 Å². The largest absolute Gasteiger partial charge is 0.381 e. The normalized spacial score (nSPS) is 16.0. The van der Waals surface area contributed by atoms with E-state index in [4.69, 9.17) is 10.5 Å². The summed E-state index contributed by atoms with van der Waals surface area (Å²) >= 11 is 0. The maximum absolute atomic E-state index is 11.2. The van der Waals surface area contributed by atoms with Crippen molar-refractivity contribution in [3.63, 3.8) is 0 Å². The van der Waals surface area contributed by atoms with E-state index in [1.54, 1.807) is 12.3 Å². The summed E-state index contributed by atoms with van der Waals surface area (Å²) in [5, 5.41) is 5.52. The molecule has 29 heavy (non-hydrogen) atoms. The van der Waals surface area contributed by atoms with E-state index in [9.17, 15) is 9.59 Å². The van der Waals surface area contributed by atoms with Crippen molar-refractivity contribution in [1.82, 2.24) is 15.0 Å². The fourth-order valence-electron chi connectivity index (χ4n) is 3.33. The van der Waals surface area contributed by atoms with E-state index < -0.39 is 5.91 Å². The fraction of sp³-hybridized carbons (Fsp3) is 0.450. The standard InChI is InChI=1S/C13H12N6O2.C7H14O.H2/c1-6-2-8(11(14)21)15-3-7(6)9-4-16-13-12(18-9)17-5-10(20)19-13;1-8-7-5-3-2-4-6-7;/h2-4H,5H2,1H3,(H2,14,21)(H,17,18)(H,16,19,20);7H,2-6H2,1H3;1H. The van der Waals surface area contributed by atoms with Crippen molar-refractivity contribution in [2.24, 2.45) is 5.73 Å². The van der Waals surface area contributed by atoms with Crippen molar-refractivity contribution >= 4 is 23.5 Å². The molecule has 0 radical (unpaired) electrons. The molecule has 2 amide bonds. The second kappa shape index (κ2) is 9.42. The van der Waals surface area contributed by atoms with Gasteiger partial charge in [-0.05, 0) is 31.4 Å². The zero-order chi connectivity index (χ0) is 20.8. The number of primary amides is 1. The third-order valence-electron chi connectivity index (χ3n) is 4.97. The molecule has 1 aliphatic heterocycles. The molecular weight excluding hydrogens is 372 g/mol. The molecule has 2 aliphatic rings. The Hall–Kier alpha value is -3.07. The number of aromatic nitrogens is 3. The van der Waals surface area contributed by atoms with Gasteiger partial charge in [-0.25, -0.2) is 9.97 Å². The first-order valence-corrected chi connectivity index (χ1v) is 9.68. The number of pyridine rings is 1. The number of rotatable bonds is 3. The van der Waals surface area contributed by atoms with Crippen molar-refractivity contribution < 1.29 is 15.8 Å². The highest BCUT2D eigenvalue weighted by Crippen LogP contribution is 2.26. The van der Waals surface area contributed by atoms with Crippen LogP contribution in [0.5, 0.6) is 0 Å². The lowest BCUT2D eigenvalue weighted by molar-refractivity contribution is -0.114. The highest BCUT2D eigenvalue weighted by Gasteiger charge is 2.18. The van der Waals surface area contributed by atoms with Crippen LogP contribution in [0, 0.1) is 6.92 Å². The second-order valence-corrected chi connectivity index (χ2v) is 7.10. The summed E-state index contributed by atoms with van der Waals surface area (Å²) < 4.78 is 5.19. The van der Waals surface area contributed by atoms with Crippen LogP contribution in [-0.2, 0) is 9.53 Å². The summed E-state index contributed by atoms with van der Waals surface area (Å²) in [4.78, 5) is 34.9. The molecular formula is C20H28N6O3. The van der Waals surface area contributed by atoms with Crippen LogP contribution >= 0.6 is 0 Å². The van der Waals surface area contributed by atoms with Gasteiger partial charge in [0.05, 0.1) is 24.5 Å². The van der Waals surface area contributed by atoms with Gasteiger partial charge in [-0.1, -0.05) is 19.3 Å². The first-order valence-electron chi connectivity index (χ1n) is 9.68. The minimum absolute atomic E-state index is 0. The third kappa shape index (κ3) is 5.26. The fourth-order valence-corrected chi connectivity index (χ4v) is 3.33. The summed E-state index contributed by atoms with van der Waals surface area (Å²) in [5.74, 6) is 0.165. The second-order valence-electron chi connectivity index (χ2n) is 7.10. The smallest absolute Gasteiger partial charge is 0.267 e. The number of nitrogens with one attached hydrogen (secondary N) is 2. The number of hydrogen-bond donors (Lipinski definition) is 3. The summed E-state index contributed by atoms with van der Waals surface area (Å²) in [6, 6.07) is 1.61. The molecule has 0 aromatic carbocycles. The summed E-state index contributed by atoms with van der Waals surface area (Å²) in [6.45, 7) is 1.99. The van der Waals surface area contributed by atoms with Gasteiger partial charge in [0.15, 0.2) is 11.6 Å². The van der Waals surface area contributed by atoms with E-state index in [1.807, 2.05) is 14.0 Å². The molecule has 4 rings (SSSR count). The Bertz CT molecular complexity index is 902. The summed E-state index contributed by atoms with van der Waals surface area (Å²) in [6.07, 6.45) is 10.4. The quantitative estimate of drug-likeness (QED) is 0.721. The van der Waals surface area contributed by atoms with Crippen LogP contribution in [-0.4, -0.2) is 46.5 Å². The third-order valence-corrected chi connectivity index (χ3v) is 4.97. The molecule has 9 heteroatoms. The molecule has 0 atom stereocenters. The van der Waals surface area contributed by atoms with Crippen molar-refractivity contribution in [1.29, 1.82) is 0 Å². The lowest BCUT2D eigenvalue weighted by Gasteiger charge is -2.19. The van der Waals surface area contributed by atoms with Gasteiger partial charge in [0, 0.05) is 20.3 Å². The Morgan fingerprint density at radius 1 is 1.21 bits per heavy atom. The molecule has 1 fully saturated rings. The van der Waals surface area contributed by atoms with Gasteiger partial charge in [-0.15, -0.1) is 0 Å². The number of fused-ring (bicyclic) bond motifs is 1. The molecule has 1 aliphatic carbocycles. The zero-order valence-corrected chi connectivity index (χ0v) is 16.7. The lowest BCUT2D eigenvalue weighted by Crippen LogP contribution is -2.28. The number of methoxy groups -OCH3 is 1. The number of nitrogens with zero attached hydrogens (tertiary/aromatic N) is 3. The molecule has 3 heterocycles. The van der Waals surface area contributed by atoms with Gasteiger partial charge in [-0.2, -0.15) is 0 Å². The topological polar surface area (TPSA) is 132 Å². The van der Waals surface area contributed by atoms with Gasteiger partial charge in [0.25, 0.3) is 5.91 Å². The SMILES string of the molecule is COC1CCCCC1.Cc1cc(C(N)=O)ncc1-c1cnc2c(n1)NCC(=O)N2.[HH]. The van der Waals surface area contributed by atoms with Crippen LogP contribution in [0.25, 0.3) is 11.3 Å². The summed E-state index contributed by atoms with van der Waals surface area (Å²) in [5.41, 5.74) is 7.55. The van der Waals surface area contributed by atoms with E-state index in [1.165, 1.54) is 38.3 Å². The number of ether oxygens (including phenoxy) is 1. The number of aryl methyl sites for hydroxylation is 1. The van der Waals surface area contributed by atoms with Gasteiger partial charge in [0.1, 0.15) is 5.69 Å². The number of nitrogens with two attached hydrogens (primary N) is 1. The molecule has 156 valence electrons. The molecule has 0 saturated heterocycles. The van der Waals surface area contributed by atoms with Gasteiger partial charge in [-0.3, -0.25) is 14.6 Å². The van der Waals surface area contributed by atoms with Crippen LogP contribution < -0.4 is 16.4 Å². The van der Waals surface area contributed by atoms with Crippen molar-refractivity contribution in [2.75, 3.05) is 24.3 Å². The number of amides is 2. The number of anilines is 2. The van der Waals surface area contributed by atoms with E-state index in [2.05, 4.69) is 25.6 Å². The lowest BCUT2D eigenvalue weighted by atomic mass is 9.98. The Morgan fingerprint density at radius 3 is 2.59 bits per heavy atom. The monoisotopic (exact) mass is 400 g/mol. The zero-order valence-electron chi connectivity index (χ0n) is 16.7. The molecule has 9 nitrogen and oxygen atoms in total. The van der Waals surface area contributed by atoms with E-state index in [0.29, 0.717) is 23.4 Å². The Labute approximate surface area is 171 Å². The molecule has 1 saturated carbocycles. The van der Waals surface area contributed by atoms with Crippen LogP contribution in [0.1, 0.15) is 49.6 Å². The molecule has 0 spiro atoms. The van der Waals surface area contributed by atoms with Crippen LogP contribution in [0.2, 0.25) is 0 Å². The van der Waals surface area contributed by atoms with Crippen LogP contribution in [0.15, 0.2) is 18.5 Å². The first kappa shape index (κ1) is 20.7. The minimum atomic E-state index is -0.578. The van der Waals surface area contributed by atoms with Crippen LogP contribution in [0.3, 0.4) is 0 Å². The number of carbonyl (C=O) groups is 2. The molecule has 2 aromatic heterocycles. The summed E-state index contributed by atoms with van der Waals surface area (Å²) in [7, 11) is 1.82. The maximum Gasteiger partial charge on any atom is 0.267 e. The Kier molecular flexibility index (Phi) is 6.71. The van der Waals surface area contributed by atoms with E-state index in [0.717, 1.165) is 11.1 Å². The Balaban J connectivity index is 0.000000302. The highest BCUT2D eigenvalue weighted by atomic mass is 16.5. The van der Waals surface area contributed by atoms with E-state index >= 15 is 0 Å². The number of hydrogen-bond acceptors (Lipinski definition) is 7. The highest BCUT2D eigenvalue weighted by molar-refractivity contribution is 5.98. The molecule has 0 unspecified atom stereocenters. The maximum atomic E-state index is 11.2. The van der Waals surface area contributed by atoms with Crippen molar-refractivity contribution in [2.45, 2.75) is 45.1 Å². The molecule has 0 bridgehead atoms.